The van der Waals surface area contributed by atoms with Crippen molar-refractivity contribution in [3.8, 4) is 11.5 Å². The Morgan fingerprint density at radius 3 is 2.92 bits per heavy atom. The molecule has 128 valence electrons. The zero-order valence-electron chi connectivity index (χ0n) is 13.3. The summed E-state index contributed by atoms with van der Waals surface area (Å²) in [5.74, 6) is 0.0403. The fourth-order valence-corrected chi connectivity index (χ4v) is 2.91. The number of amides is 1. The number of ether oxygens (including phenoxy) is 3. The Balaban J connectivity index is 1.79. The summed E-state index contributed by atoms with van der Waals surface area (Å²) >= 11 is 0. The number of nitrogens with one attached hydrogen (secondary N) is 1. The number of carboxylic acid groups (broad SMARTS) is 1. The van der Waals surface area contributed by atoms with E-state index in [4.69, 9.17) is 19.3 Å². The van der Waals surface area contributed by atoms with Gasteiger partial charge in [-0.25, -0.2) is 0 Å². The van der Waals surface area contributed by atoms with Crippen molar-refractivity contribution in [2.45, 2.75) is 18.4 Å². The Hall–Kier alpha value is -2.54. The minimum Gasteiger partial charge on any atom is -0.497 e. The summed E-state index contributed by atoms with van der Waals surface area (Å²) in [6.07, 6.45) is 2.04. The summed E-state index contributed by atoms with van der Waals surface area (Å²) in [6, 6.07) is 5.36. The van der Waals surface area contributed by atoms with Gasteiger partial charge in [-0.1, -0.05) is 0 Å². The summed E-state index contributed by atoms with van der Waals surface area (Å²) in [5.41, 5.74) is 0.325. The van der Waals surface area contributed by atoms with Crippen molar-refractivity contribution in [2.75, 3.05) is 26.9 Å². The molecule has 3 rings (SSSR count). The first-order valence-electron chi connectivity index (χ1n) is 7.65. The number of fused-ring (bicyclic) bond motifs is 1. The molecule has 1 fully saturated rings. The molecule has 7 heteroatoms. The van der Waals surface area contributed by atoms with Crippen LogP contribution < -0.4 is 14.8 Å². The summed E-state index contributed by atoms with van der Waals surface area (Å²) in [4.78, 5) is 23.7. The zero-order valence-corrected chi connectivity index (χ0v) is 13.3. The Labute approximate surface area is 139 Å². The quantitative estimate of drug-likeness (QED) is 0.841. The number of aliphatic carboxylic acids is 1. The lowest BCUT2D eigenvalue weighted by molar-refractivity contribution is -0.139. The van der Waals surface area contributed by atoms with Gasteiger partial charge in [-0.05, 0) is 30.7 Å². The first-order chi connectivity index (χ1) is 11.5. The van der Waals surface area contributed by atoms with Crippen LogP contribution in [0.1, 0.15) is 18.4 Å². The van der Waals surface area contributed by atoms with Crippen LogP contribution in [0, 0.1) is 0 Å². The van der Waals surface area contributed by atoms with E-state index in [0.717, 1.165) is 5.56 Å². The molecule has 1 unspecified atom stereocenters. The maximum atomic E-state index is 12.6. The molecule has 2 aliphatic rings. The van der Waals surface area contributed by atoms with Gasteiger partial charge in [0.05, 0.1) is 31.2 Å². The van der Waals surface area contributed by atoms with Crippen molar-refractivity contribution in [3.05, 3.63) is 29.3 Å². The molecule has 2 aliphatic heterocycles. The largest absolute Gasteiger partial charge is 0.497 e. The second-order valence-electron chi connectivity index (χ2n) is 5.97. The van der Waals surface area contributed by atoms with Gasteiger partial charge in [0.2, 0.25) is 0 Å². The van der Waals surface area contributed by atoms with Gasteiger partial charge < -0.3 is 24.6 Å². The monoisotopic (exact) mass is 333 g/mol. The molecule has 0 saturated carbocycles. The molecule has 24 heavy (non-hydrogen) atoms. The smallest absolute Gasteiger partial charge is 0.305 e. The van der Waals surface area contributed by atoms with Crippen LogP contribution in [0.25, 0.3) is 6.08 Å². The van der Waals surface area contributed by atoms with Gasteiger partial charge in [0.1, 0.15) is 18.1 Å². The van der Waals surface area contributed by atoms with Crippen molar-refractivity contribution in [1.29, 1.82) is 0 Å². The van der Waals surface area contributed by atoms with Gasteiger partial charge >= 0.3 is 5.97 Å². The highest BCUT2D eigenvalue weighted by atomic mass is 16.5. The molecular weight excluding hydrogens is 314 g/mol. The van der Waals surface area contributed by atoms with Crippen molar-refractivity contribution in [2.24, 2.45) is 0 Å². The summed E-state index contributed by atoms with van der Waals surface area (Å²) < 4.78 is 16.1. The van der Waals surface area contributed by atoms with E-state index in [2.05, 4.69) is 5.32 Å². The number of benzene rings is 1. The van der Waals surface area contributed by atoms with Crippen LogP contribution in [0.15, 0.2) is 23.8 Å². The molecule has 2 N–H and O–H groups in total. The number of hydrogen-bond acceptors (Lipinski definition) is 5. The van der Waals surface area contributed by atoms with Gasteiger partial charge in [0.25, 0.3) is 5.91 Å². The van der Waals surface area contributed by atoms with E-state index in [-0.39, 0.29) is 25.5 Å². The lowest BCUT2D eigenvalue weighted by atomic mass is 9.93. The number of hydrogen-bond donors (Lipinski definition) is 2. The number of rotatable bonds is 5. The molecule has 0 radical (unpaired) electrons. The first kappa shape index (κ1) is 16.3. The lowest BCUT2D eigenvalue weighted by Crippen LogP contribution is -2.51. The lowest BCUT2D eigenvalue weighted by Gasteiger charge is -2.28. The number of carbonyl (C=O) groups excluding carboxylic acids is 1. The van der Waals surface area contributed by atoms with Crippen LogP contribution >= 0.6 is 0 Å². The molecule has 0 spiro atoms. The van der Waals surface area contributed by atoms with Crippen LogP contribution in [0.5, 0.6) is 11.5 Å². The van der Waals surface area contributed by atoms with E-state index in [1.165, 1.54) is 0 Å². The van der Waals surface area contributed by atoms with Gasteiger partial charge in [0.15, 0.2) is 0 Å². The molecule has 0 aromatic heterocycles. The molecule has 1 amide bonds. The standard InChI is InChI=1S/C17H19NO6/c1-22-13-2-3-14-11(7-13)6-12(9-24-14)16(21)18-17(8-15(19)20)4-5-23-10-17/h2-3,6-7H,4-5,8-10H2,1H3,(H,18,21)(H,19,20). The van der Waals surface area contributed by atoms with Crippen LogP contribution in [0.2, 0.25) is 0 Å². The van der Waals surface area contributed by atoms with E-state index in [0.29, 0.717) is 30.1 Å². The molecule has 1 atom stereocenters. The second kappa shape index (κ2) is 6.52. The van der Waals surface area contributed by atoms with E-state index < -0.39 is 11.5 Å². The molecule has 1 saturated heterocycles. The van der Waals surface area contributed by atoms with E-state index in [1.54, 1.807) is 31.4 Å². The van der Waals surface area contributed by atoms with E-state index >= 15 is 0 Å². The van der Waals surface area contributed by atoms with Crippen LogP contribution in [-0.4, -0.2) is 49.5 Å². The molecule has 1 aromatic carbocycles. The fourth-order valence-electron chi connectivity index (χ4n) is 2.91. The molecule has 7 nitrogen and oxygen atoms in total. The molecule has 1 aromatic rings. The van der Waals surface area contributed by atoms with Crippen LogP contribution in [0.4, 0.5) is 0 Å². The minimum absolute atomic E-state index is 0.134. The number of carbonyl (C=O) groups is 2. The van der Waals surface area contributed by atoms with Crippen molar-refractivity contribution in [1.82, 2.24) is 5.32 Å². The molecule has 2 heterocycles. The first-order valence-corrected chi connectivity index (χ1v) is 7.65. The summed E-state index contributed by atoms with van der Waals surface area (Å²) in [6.45, 7) is 0.766. The molecule has 0 bridgehead atoms. The third-order valence-electron chi connectivity index (χ3n) is 4.19. The third-order valence-corrected chi connectivity index (χ3v) is 4.19. The van der Waals surface area contributed by atoms with Gasteiger partial charge in [0, 0.05) is 12.2 Å². The normalized spacial score (nSPS) is 22.1. The maximum Gasteiger partial charge on any atom is 0.305 e. The Bertz CT molecular complexity index is 690. The van der Waals surface area contributed by atoms with Crippen molar-refractivity contribution < 1.29 is 28.9 Å². The number of carboxylic acids is 1. The third kappa shape index (κ3) is 3.35. The van der Waals surface area contributed by atoms with Crippen molar-refractivity contribution >= 4 is 18.0 Å². The average Bonchev–Trinajstić information content (AvgIpc) is 3.00. The molecule has 0 aliphatic carbocycles. The van der Waals surface area contributed by atoms with Gasteiger partial charge in [-0.3, -0.25) is 9.59 Å². The minimum atomic E-state index is -0.968. The Morgan fingerprint density at radius 2 is 2.25 bits per heavy atom. The second-order valence-corrected chi connectivity index (χ2v) is 5.97. The van der Waals surface area contributed by atoms with Crippen LogP contribution in [-0.2, 0) is 14.3 Å². The molecular formula is C17H19NO6. The number of methoxy groups -OCH3 is 1. The SMILES string of the molecule is COc1ccc2c(c1)C=C(C(=O)NC1(CC(=O)O)CCOC1)CO2. The van der Waals surface area contributed by atoms with E-state index in [1.807, 2.05) is 0 Å². The van der Waals surface area contributed by atoms with E-state index in [9.17, 15) is 9.59 Å². The highest BCUT2D eigenvalue weighted by Crippen LogP contribution is 2.30. The van der Waals surface area contributed by atoms with Gasteiger partial charge in [-0.2, -0.15) is 0 Å². The summed E-state index contributed by atoms with van der Waals surface area (Å²) in [5, 5.41) is 11.9. The predicted octanol–water partition coefficient (Wildman–Crippen LogP) is 1.22. The summed E-state index contributed by atoms with van der Waals surface area (Å²) in [7, 11) is 1.57. The van der Waals surface area contributed by atoms with Crippen molar-refractivity contribution in [3.63, 3.8) is 0 Å². The van der Waals surface area contributed by atoms with Crippen LogP contribution in [0.3, 0.4) is 0 Å². The highest BCUT2D eigenvalue weighted by molar-refractivity contribution is 5.99. The Kier molecular flexibility index (Phi) is 4.44. The zero-order chi connectivity index (χ0) is 17.2. The highest BCUT2D eigenvalue weighted by Gasteiger charge is 2.39. The predicted molar refractivity (Wildman–Crippen MR) is 85.0 cm³/mol. The fraction of sp³-hybridized carbons (Fsp3) is 0.412. The topological polar surface area (TPSA) is 94.1 Å². The maximum absolute atomic E-state index is 12.6. The Morgan fingerprint density at radius 1 is 1.42 bits per heavy atom. The average molecular weight is 333 g/mol. The van der Waals surface area contributed by atoms with Gasteiger partial charge in [-0.15, -0.1) is 0 Å².